The molecule has 3 aromatic rings. The largest absolute Gasteiger partial charge is 0.494 e. The van der Waals surface area contributed by atoms with Crippen LogP contribution in [0, 0.1) is 18.8 Å². The van der Waals surface area contributed by atoms with Crippen LogP contribution >= 0.6 is 11.8 Å². The van der Waals surface area contributed by atoms with Crippen molar-refractivity contribution in [2.75, 3.05) is 6.61 Å². The fourth-order valence-corrected chi connectivity index (χ4v) is 4.51. The summed E-state index contributed by atoms with van der Waals surface area (Å²) in [6.45, 7) is 4.92. The van der Waals surface area contributed by atoms with Crippen LogP contribution < -0.4 is 4.74 Å². The molecule has 0 amide bonds. The Kier molecular flexibility index (Phi) is 11.4. The minimum Gasteiger partial charge on any atom is -0.494 e. The first-order valence-corrected chi connectivity index (χ1v) is 13.8. The summed E-state index contributed by atoms with van der Waals surface area (Å²) in [5.74, 6) is 5.60. The Bertz CT molecular complexity index is 1090. The second kappa shape index (κ2) is 14.7. The first kappa shape index (κ1) is 27.8. The molecule has 4 heteroatoms. The second-order valence-electron chi connectivity index (χ2n) is 9.11. The topological polar surface area (TPSA) is 9.23 Å². The maximum absolute atomic E-state index is 14.3. The van der Waals surface area contributed by atoms with E-state index in [1.54, 1.807) is 24.3 Å². The molecule has 3 rings (SSSR count). The Morgan fingerprint density at radius 1 is 0.722 bits per heavy atom. The van der Waals surface area contributed by atoms with E-state index >= 15 is 0 Å². The molecule has 0 radical (unpaired) electrons. The summed E-state index contributed by atoms with van der Waals surface area (Å²) in [5, 5.41) is -3.15. The predicted octanol–water partition coefficient (Wildman–Crippen LogP) is 9.92. The number of halogens is 2. The lowest BCUT2D eigenvalue weighted by atomic mass is 10.0. The van der Waals surface area contributed by atoms with Crippen LogP contribution in [0.3, 0.4) is 0 Å². The van der Waals surface area contributed by atoms with Gasteiger partial charge in [0, 0.05) is 10.5 Å². The lowest BCUT2D eigenvalue weighted by Gasteiger charge is -2.09. The minimum atomic E-state index is -3.15. The third kappa shape index (κ3) is 10.1. The lowest BCUT2D eigenvalue weighted by Crippen LogP contribution is -2.06. The van der Waals surface area contributed by atoms with Gasteiger partial charge in [0.25, 0.3) is 0 Å². The number of benzene rings is 3. The summed E-state index contributed by atoms with van der Waals surface area (Å²) in [4.78, 5) is 0.500. The number of aryl methyl sites for hydroxylation is 1. The first-order chi connectivity index (χ1) is 17.4. The molecule has 3 aromatic carbocycles. The van der Waals surface area contributed by atoms with Crippen LogP contribution in [0.1, 0.15) is 69.4 Å². The molecule has 0 unspecified atom stereocenters. The van der Waals surface area contributed by atoms with Gasteiger partial charge < -0.3 is 4.74 Å². The van der Waals surface area contributed by atoms with Gasteiger partial charge in [-0.25, -0.2) is 0 Å². The standard InChI is InChI=1S/C32H36F2OS/c1-3-4-5-6-7-8-9-10-25-35-30-19-17-29(18-20-30)28-15-13-27(14-16-28)23-24-32(33,34)36-31-21-11-26(2)12-22-31/h11-22H,3-10,25H2,1-2H3. The van der Waals surface area contributed by atoms with E-state index in [9.17, 15) is 8.78 Å². The number of hydrogen-bond acceptors (Lipinski definition) is 2. The number of unbranched alkanes of at least 4 members (excludes halogenated alkanes) is 7. The van der Waals surface area contributed by atoms with Gasteiger partial charge in [-0.2, -0.15) is 8.78 Å². The van der Waals surface area contributed by atoms with Gasteiger partial charge in [0.15, 0.2) is 0 Å². The third-order valence-electron chi connectivity index (χ3n) is 5.96. The summed E-state index contributed by atoms with van der Waals surface area (Å²) in [5.41, 5.74) is 3.66. The van der Waals surface area contributed by atoms with E-state index in [0.717, 1.165) is 35.5 Å². The van der Waals surface area contributed by atoms with E-state index in [2.05, 4.69) is 18.8 Å². The summed E-state index contributed by atoms with van der Waals surface area (Å²) in [7, 11) is 0. The predicted molar refractivity (Wildman–Crippen MR) is 149 cm³/mol. The van der Waals surface area contributed by atoms with Gasteiger partial charge >= 0.3 is 5.25 Å². The van der Waals surface area contributed by atoms with Crippen molar-refractivity contribution in [1.82, 2.24) is 0 Å². The second-order valence-corrected chi connectivity index (χ2v) is 10.3. The van der Waals surface area contributed by atoms with Crippen LogP contribution in [-0.2, 0) is 0 Å². The molecule has 0 aromatic heterocycles. The normalized spacial score (nSPS) is 11.1. The lowest BCUT2D eigenvalue weighted by molar-refractivity contribution is 0.174. The van der Waals surface area contributed by atoms with Crippen LogP contribution in [0.25, 0.3) is 11.1 Å². The van der Waals surface area contributed by atoms with Crippen molar-refractivity contribution in [3.63, 3.8) is 0 Å². The van der Waals surface area contributed by atoms with Gasteiger partial charge in [-0.3, -0.25) is 0 Å². The Labute approximate surface area is 219 Å². The van der Waals surface area contributed by atoms with Crippen LogP contribution in [0.15, 0.2) is 77.7 Å². The molecule has 0 saturated carbocycles. The summed E-state index contributed by atoms with van der Waals surface area (Å²) in [6, 6.07) is 22.4. The molecule has 0 aliphatic carbocycles. The highest BCUT2D eigenvalue weighted by Gasteiger charge is 2.27. The summed E-state index contributed by atoms with van der Waals surface area (Å²) < 4.78 is 34.4. The molecule has 0 aliphatic heterocycles. The smallest absolute Gasteiger partial charge is 0.361 e. The maximum Gasteiger partial charge on any atom is 0.361 e. The Morgan fingerprint density at radius 3 is 1.89 bits per heavy atom. The van der Waals surface area contributed by atoms with Crippen molar-refractivity contribution in [3.05, 3.63) is 83.9 Å². The molecule has 0 heterocycles. The van der Waals surface area contributed by atoms with E-state index in [0.29, 0.717) is 22.2 Å². The first-order valence-electron chi connectivity index (χ1n) is 13.0. The van der Waals surface area contributed by atoms with E-state index in [1.807, 2.05) is 55.5 Å². The van der Waals surface area contributed by atoms with Crippen molar-refractivity contribution in [2.24, 2.45) is 0 Å². The quantitative estimate of drug-likeness (QED) is 0.130. The number of alkyl halides is 2. The summed E-state index contributed by atoms with van der Waals surface area (Å²) >= 11 is 0.469. The Morgan fingerprint density at radius 2 is 1.28 bits per heavy atom. The van der Waals surface area contributed by atoms with Gasteiger partial charge in [-0.1, -0.05) is 99.8 Å². The molecule has 0 fully saturated rings. The van der Waals surface area contributed by atoms with E-state index < -0.39 is 5.25 Å². The monoisotopic (exact) mass is 506 g/mol. The maximum atomic E-state index is 14.3. The molecule has 0 bridgehead atoms. The highest BCUT2D eigenvalue weighted by Crippen LogP contribution is 2.35. The van der Waals surface area contributed by atoms with Crippen molar-refractivity contribution < 1.29 is 13.5 Å². The van der Waals surface area contributed by atoms with E-state index in [1.165, 1.54) is 44.9 Å². The average molecular weight is 507 g/mol. The van der Waals surface area contributed by atoms with Crippen molar-refractivity contribution in [2.45, 2.75) is 75.4 Å². The van der Waals surface area contributed by atoms with Gasteiger partial charge in [0.05, 0.1) is 6.61 Å². The molecule has 36 heavy (non-hydrogen) atoms. The zero-order chi connectivity index (χ0) is 25.6. The van der Waals surface area contributed by atoms with Crippen LogP contribution in [0.5, 0.6) is 5.75 Å². The molecule has 0 N–H and O–H groups in total. The highest BCUT2D eigenvalue weighted by molar-refractivity contribution is 8.00. The number of rotatable bonds is 13. The average Bonchev–Trinajstić information content (AvgIpc) is 2.88. The van der Waals surface area contributed by atoms with Gasteiger partial charge in [0.1, 0.15) is 5.75 Å². The molecular weight excluding hydrogens is 470 g/mol. The highest BCUT2D eigenvalue weighted by atomic mass is 32.2. The number of hydrogen-bond donors (Lipinski definition) is 0. The Hall–Kier alpha value is -2.77. The number of thioether (sulfide) groups is 1. The molecule has 0 spiro atoms. The van der Waals surface area contributed by atoms with Crippen LogP contribution in [0.2, 0.25) is 0 Å². The number of ether oxygens (including phenoxy) is 1. The molecule has 0 saturated heterocycles. The van der Waals surface area contributed by atoms with Crippen LogP contribution in [-0.4, -0.2) is 11.9 Å². The fraction of sp³-hybridized carbons (Fsp3) is 0.375. The molecule has 1 nitrogen and oxygen atoms in total. The summed E-state index contributed by atoms with van der Waals surface area (Å²) in [6.07, 6.45) is 10.3. The zero-order valence-corrected chi connectivity index (χ0v) is 22.2. The van der Waals surface area contributed by atoms with Gasteiger partial charge in [-0.05, 0) is 78.6 Å². The Balaban J connectivity index is 1.44. The molecule has 0 aliphatic rings. The van der Waals surface area contributed by atoms with Crippen LogP contribution in [0.4, 0.5) is 8.78 Å². The third-order valence-corrected chi connectivity index (χ3v) is 6.82. The molecular formula is C32H36F2OS. The van der Waals surface area contributed by atoms with Crippen molar-refractivity contribution in [3.8, 4) is 28.7 Å². The van der Waals surface area contributed by atoms with Crippen molar-refractivity contribution >= 4 is 11.8 Å². The van der Waals surface area contributed by atoms with Crippen molar-refractivity contribution in [1.29, 1.82) is 0 Å². The molecule has 0 atom stereocenters. The van der Waals surface area contributed by atoms with E-state index in [4.69, 9.17) is 4.74 Å². The minimum absolute atomic E-state index is 0.469. The SMILES string of the molecule is CCCCCCCCCCOc1ccc(-c2ccc(C#CC(F)(F)Sc3ccc(C)cc3)cc2)cc1. The zero-order valence-electron chi connectivity index (χ0n) is 21.4. The van der Waals surface area contributed by atoms with Gasteiger partial charge in [0.2, 0.25) is 0 Å². The fourth-order valence-electron chi connectivity index (χ4n) is 3.84. The van der Waals surface area contributed by atoms with Gasteiger partial charge in [-0.15, -0.1) is 0 Å². The van der Waals surface area contributed by atoms with E-state index in [-0.39, 0.29) is 0 Å². The molecule has 190 valence electrons.